The lowest BCUT2D eigenvalue weighted by Gasteiger charge is -2.26. The predicted molar refractivity (Wildman–Crippen MR) is 132 cm³/mol. The van der Waals surface area contributed by atoms with Crippen molar-refractivity contribution in [3.8, 4) is 23.1 Å². The second kappa shape index (κ2) is 11.9. The summed E-state index contributed by atoms with van der Waals surface area (Å²) in [7, 11) is 1.65. The predicted octanol–water partition coefficient (Wildman–Crippen LogP) is 5.46. The van der Waals surface area contributed by atoms with Gasteiger partial charge in [0, 0.05) is 19.6 Å². The van der Waals surface area contributed by atoms with Gasteiger partial charge >= 0.3 is 0 Å². The zero-order chi connectivity index (χ0) is 23.8. The molecule has 0 saturated heterocycles. The van der Waals surface area contributed by atoms with Crippen molar-refractivity contribution in [3.63, 3.8) is 0 Å². The third-order valence-electron chi connectivity index (χ3n) is 5.57. The summed E-state index contributed by atoms with van der Waals surface area (Å²) >= 11 is 0. The number of benzene rings is 2. The molecule has 3 rings (SSSR count). The molecule has 0 aliphatic rings. The Morgan fingerprint density at radius 3 is 2.21 bits per heavy atom. The van der Waals surface area contributed by atoms with Crippen LogP contribution in [0.15, 0.2) is 54.6 Å². The van der Waals surface area contributed by atoms with Crippen molar-refractivity contribution in [1.29, 1.82) is 0 Å². The standard InChI is InChI=1S/C27H37N3O3/c1-6-22(31)18-29(17-20(3)4)19-25-26(7-2)28-30(21-11-9-8-10-12-21)27(25)33-24-15-13-23(32-5)14-16-24/h8-16,20,22,31H,6-7,17-19H2,1-5H3/t22-/m1/s1. The van der Waals surface area contributed by atoms with E-state index < -0.39 is 0 Å². The summed E-state index contributed by atoms with van der Waals surface area (Å²) in [6, 6.07) is 17.7. The Labute approximate surface area is 197 Å². The first kappa shape index (κ1) is 24.8. The Morgan fingerprint density at radius 2 is 1.64 bits per heavy atom. The summed E-state index contributed by atoms with van der Waals surface area (Å²) in [4.78, 5) is 2.31. The topological polar surface area (TPSA) is 59.8 Å². The molecule has 3 aromatic rings. The van der Waals surface area contributed by atoms with Gasteiger partial charge in [-0.25, -0.2) is 4.68 Å². The molecule has 0 bridgehead atoms. The number of aliphatic hydroxyl groups is 1. The van der Waals surface area contributed by atoms with E-state index >= 15 is 0 Å². The minimum Gasteiger partial charge on any atom is -0.497 e. The SMILES string of the molecule is CCc1nn(-c2ccccc2)c(Oc2ccc(OC)cc2)c1CN(CC(C)C)C[C@H](O)CC. The molecule has 33 heavy (non-hydrogen) atoms. The van der Waals surface area contributed by atoms with Crippen molar-refractivity contribution in [2.75, 3.05) is 20.2 Å². The van der Waals surface area contributed by atoms with Gasteiger partial charge in [-0.2, -0.15) is 5.10 Å². The average Bonchev–Trinajstić information content (AvgIpc) is 3.16. The summed E-state index contributed by atoms with van der Waals surface area (Å²) in [6.07, 6.45) is 1.16. The van der Waals surface area contributed by atoms with E-state index in [4.69, 9.17) is 14.6 Å². The molecule has 0 amide bonds. The highest BCUT2D eigenvalue weighted by molar-refractivity contribution is 5.44. The van der Waals surface area contributed by atoms with Crippen molar-refractivity contribution in [3.05, 3.63) is 65.9 Å². The van der Waals surface area contributed by atoms with Crippen LogP contribution in [0.4, 0.5) is 0 Å². The number of hydrogen-bond acceptors (Lipinski definition) is 5. The second-order valence-electron chi connectivity index (χ2n) is 8.76. The molecular formula is C27H37N3O3. The van der Waals surface area contributed by atoms with Crippen molar-refractivity contribution < 1.29 is 14.6 Å². The lowest BCUT2D eigenvalue weighted by Crippen LogP contribution is -2.34. The lowest BCUT2D eigenvalue weighted by atomic mass is 10.1. The van der Waals surface area contributed by atoms with Crippen LogP contribution in [-0.4, -0.2) is 46.1 Å². The van der Waals surface area contributed by atoms with E-state index in [9.17, 15) is 5.11 Å². The number of ether oxygens (including phenoxy) is 2. The van der Waals surface area contributed by atoms with E-state index in [0.29, 0.717) is 24.9 Å². The quantitative estimate of drug-likeness (QED) is 0.396. The lowest BCUT2D eigenvalue weighted by molar-refractivity contribution is 0.0980. The van der Waals surface area contributed by atoms with Crippen LogP contribution in [0.5, 0.6) is 17.4 Å². The average molecular weight is 452 g/mol. The molecule has 0 aliphatic carbocycles. The number of methoxy groups -OCH3 is 1. The third-order valence-corrected chi connectivity index (χ3v) is 5.57. The zero-order valence-corrected chi connectivity index (χ0v) is 20.5. The van der Waals surface area contributed by atoms with E-state index in [2.05, 4.69) is 25.7 Å². The number of nitrogens with zero attached hydrogens (tertiary/aromatic N) is 3. The molecule has 1 aromatic heterocycles. The molecule has 6 nitrogen and oxygen atoms in total. The molecule has 0 radical (unpaired) electrons. The number of aryl methyl sites for hydroxylation is 1. The van der Waals surface area contributed by atoms with Crippen LogP contribution >= 0.6 is 0 Å². The first-order valence-electron chi connectivity index (χ1n) is 11.8. The highest BCUT2D eigenvalue weighted by Gasteiger charge is 2.24. The minimum absolute atomic E-state index is 0.357. The number of aromatic nitrogens is 2. The number of hydrogen-bond donors (Lipinski definition) is 1. The van der Waals surface area contributed by atoms with E-state index in [0.717, 1.165) is 47.8 Å². The van der Waals surface area contributed by atoms with Crippen LogP contribution in [0.2, 0.25) is 0 Å². The zero-order valence-electron chi connectivity index (χ0n) is 20.5. The smallest absolute Gasteiger partial charge is 0.227 e. The van der Waals surface area contributed by atoms with Crippen molar-refractivity contribution in [2.45, 2.75) is 53.2 Å². The Morgan fingerprint density at radius 1 is 0.970 bits per heavy atom. The van der Waals surface area contributed by atoms with Crippen LogP contribution < -0.4 is 9.47 Å². The summed E-state index contributed by atoms with van der Waals surface area (Å²) in [5.74, 6) is 2.70. The van der Waals surface area contributed by atoms with Crippen LogP contribution in [-0.2, 0) is 13.0 Å². The Balaban J connectivity index is 2.05. The fourth-order valence-corrected chi connectivity index (χ4v) is 3.90. The maximum absolute atomic E-state index is 10.4. The van der Waals surface area contributed by atoms with Crippen LogP contribution in [0.1, 0.15) is 45.4 Å². The summed E-state index contributed by atoms with van der Waals surface area (Å²) < 4.78 is 13.7. The van der Waals surface area contributed by atoms with E-state index in [1.165, 1.54) is 0 Å². The molecule has 0 saturated carbocycles. The minimum atomic E-state index is -0.357. The highest BCUT2D eigenvalue weighted by Crippen LogP contribution is 2.33. The normalized spacial score (nSPS) is 12.4. The molecule has 1 N–H and O–H groups in total. The fourth-order valence-electron chi connectivity index (χ4n) is 3.90. The molecule has 2 aromatic carbocycles. The van der Waals surface area contributed by atoms with Gasteiger partial charge in [0.15, 0.2) is 0 Å². The first-order chi connectivity index (χ1) is 15.9. The largest absolute Gasteiger partial charge is 0.497 e. The van der Waals surface area contributed by atoms with Crippen LogP contribution in [0.25, 0.3) is 5.69 Å². The Kier molecular flexibility index (Phi) is 8.92. The molecule has 0 fully saturated rings. The van der Waals surface area contributed by atoms with Crippen molar-refractivity contribution in [1.82, 2.24) is 14.7 Å². The van der Waals surface area contributed by atoms with Gasteiger partial charge in [0.2, 0.25) is 5.88 Å². The number of aliphatic hydroxyl groups excluding tert-OH is 1. The van der Waals surface area contributed by atoms with Crippen molar-refractivity contribution in [2.24, 2.45) is 5.92 Å². The molecule has 0 unspecified atom stereocenters. The number of para-hydroxylation sites is 1. The fraction of sp³-hybridized carbons (Fsp3) is 0.444. The summed E-state index contributed by atoms with van der Waals surface area (Å²) in [6.45, 7) is 10.7. The molecule has 1 heterocycles. The van der Waals surface area contributed by atoms with Gasteiger partial charge in [-0.05, 0) is 55.2 Å². The van der Waals surface area contributed by atoms with Gasteiger partial charge in [0.05, 0.1) is 30.2 Å². The third kappa shape index (κ3) is 6.59. The van der Waals surface area contributed by atoms with Crippen LogP contribution in [0, 0.1) is 5.92 Å². The van der Waals surface area contributed by atoms with E-state index in [1.54, 1.807) is 7.11 Å². The molecule has 178 valence electrons. The van der Waals surface area contributed by atoms with E-state index in [-0.39, 0.29) is 6.10 Å². The van der Waals surface area contributed by atoms with Gasteiger partial charge in [-0.1, -0.05) is 45.9 Å². The molecule has 6 heteroatoms. The maximum Gasteiger partial charge on any atom is 0.227 e. The summed E-state index contributed by atoms with van der Waals surface area (Å²) in [5, 5.41) is 15.3. The van der Waals surface area contributed by atoms with E-state index in [1.807, 2.05) is 66.2 Å². The van der Waals surface area contributed by atoms with Gasteiger partial charge in [0.25, 0.3) is 0 Å². The molecule has 1 atom stereocenters. The van der Waals surface area contributed by atoms with Gasteiger partial charge < -0.3 is 14.6 Å². The Hall–Kier alpha value is -2.83. The second-order valence-corrected chi connectivity index (χ2v) is 8.76. The molecule has 0 aliphatic heterocycles. The maximum atomic E-state index is 10.4. The monoisotopic (exact) mass is 451 g/mol. The Bertz CT molecular complexity index is 984. The first-order valence-corrected chi connectivity index (χ1v) is 11.8. The molecular weight excluding hydrogens is 414 g/mol. The van der Waals surface area contributed by atoms with Gasteiger partial charge in [-0.3, -0.25) is 4.90 Å². The van der Waals surface area contributed by atoms with Gasteiger partial charge in [0.1, 0.15) is 11.5 Å². The highest BCUT2D eigenvalue weighted by atomic mass is 16.5. The molecule has 0 spiro atoms. The summed E-state index contributed by atoms with van der Waals surface area (Å²) in [5.41, 5.74) is 3.01. The van der Waals surface area contributed by atoms with Crippen LogP contribution in [0.3, 0.4) is 0 Å². The van der Waals surface area contributed by atoms with Gasteiger partial charge in [-0.15, -0.1) is 0 Å². The number of rotatable bonds is 12. The van der Waals surface area contributed by atoms with Crippen molar-refractivity contribution >= 4 is 0 Å².